The van der Waals surface area contributed by atoms with Gasteiger partial charge in [0.25, 0.3) is 0 Å². The number of benzene rings is 2. The Kier molecular flexibility index (Phi) is 3.42. The van der Waals surface area contributed by atoms with E-state index in [-0.39, 0.29) is 6.04 Å². The zero-order chi connectivity index (χ0) is 16.9. The zero-order valence-electron chi connectivity index (χ0n) is 13.2. The molecule has 0 amide bonds. The van der Waals surface area contributed by atoms with Gasteiger partial charge in [0.15, 0.2) is 0 Å². The first-order valence-corrected chi connectivity index (χ1v) is 7.95. The lowest BCUT2D eigenvalue weighted by Gasteiger charge is -2.25. The van der Waals surface area contributed by atoms with Gasteiger partial charge in [-0.2, -0.15) is 13.2 Å². The molecule has 1 unspecified atom stereocenters. The van der Waals surface area contributed by atoms with Gasteiger partial charge in [-0.3, -0.25) is 0 Å². The second-order valence-corrected chi connectivity index (χ2v) is 6.33. The molecule has 1 aromatic heterocycles. The number of fused-ring (bicyclic) bond motifs is 3. The van der Waals surface area contributed by atoms with Crippen molar-refractivity contribution in [1.29, 1.82) is 0 Å². The van der Waals surface area contributed by atoms with Crippen LogP contribution < -0.4 is 5.32 Å². The first kappa shape index (κ1) is 15.3. The minimum absolute atomic E-state index is 0.247. The first-order chi connectivity index (χ1) is 11.4. The Bertz CT molecular complexity index is 909. The number of rotatable bonds is 1. The summed E-state index contributed by atoms with van der Waals surface area (Å²) in [5.74, 6) is 0. The van der Waals surface area contributed by atoms with Crippen LogP contribution in [0.25, 0.3) is 10.9 Å². The van der Waals surface area contributed by atoms with Crippen molar-refractivity contribution in [2.75, 3.05) is 6.54 Å². The number of aromatic amines is 1. The molecule has 3 aromatic rings. The number of aryl methyl sites for hydroxylation is 1. The highest BCUT2D eigenvalue weighted by molar-refractivity contribution is 5.86. The number of nitrogens with one attached hydrogen (secondary N) is 2. The number of halogens is 3. The molecule has 4 rings (SSSR count). The summed E-state index contributed by atoms with van der Waals surface area (Å²) in [6, 6.07) is 11.5. The van der Waals surface area contributed by atoms with E-state index in [1.807, 2.05) is 19.1 Å². The molecule has 24 heavy (non-hydrogen) atoms. The Hall–Kier alpha value is -2.27. The number of alkyl halides is 3. The maximum Gasteiger partial charge on any atom is 0.416 e. The van der Waals surface area contributed by atoms with Gasteiger partial charge in [-0.15, -0.1) is 0 Å². The summed E-state index contributed by atoms with van der Waals surface area (Å²) in [5, 5.41) is 4.52. The van der Waals surface area contributed by atoms with Gasteiger partial charge in [-0.25, -0.2) is 0 Å². The molecule has 1 aliphatic heterocycles. The summed E-state index contributed by atoms with van der Waals surface area (Å²) < 4.78 is 39.0. The third kappa shape index (κ3) is 2.49. The maximum atomic E-state index is 13.0. The van der Waals surface area contributed by atoms with Crippen LogP contribution in [0, 0.1) is 6.92 Å². The summed E-state index contributed by atoms with van der Waals surface area (Å²) in [5.41, 5.74) is 4.41. The first-order valence-electron chi connectivity index (χ1n) is 7.95. The Morgan fingerprint density at radius 2 is 1.92 bits per heavy atom. The van der Waals surface area contributed by atoms with Gasteiger partial charge >= 0.3 is 6.18 Å². The molecule has 0 radical (unpaired) electrons. The van der Waals surface area contributed by atoms with Crippen LogP contribution in [-0.2, 0) is 12.6 Å². The van der Waals surface area contributed by atoms with Crippen LogP contribution in [0.4, 0.5) is 13.2 Å². The average Bonchev–Trinajstić information content (AvgIpc) is 2.92. The van der Waals surface area contributed by atoms with E-state index in [9.17, 15) is 13.2 Å². The van der Waals surface area contributed by atoms with Gasteiger partial charge < -0.3 is 10.3 Å². The Labute approximate surface area is 137 Å². The SMILES string of the molecule is Cc1ccc2[nH]c3c(c2c1)CCNC3c1cccc(C(F)(F)F)c1. The van der Waals surface area contributed by atoms with Gasteiger partial charge in [0.1, 0.15) is 0 Å². The highest BCUT2D eigenvalue weighted by Gasteiger charge is 2.32. The van der Waals surface area contributed by atoms with Crippen molar-refractivity contribution in [3.8, 4) is 0 Å². The summed E-state index contributed by atoms with van der Waals surface area (Å²) in [6.45, 7) is 2.79. The fourth-order valence-electron chi connectivity index (χ4n) is 3.52. The van der Waals surface area contributed by atoms with Crippen molar-refractivity contribution in [3.63, 3.8) is 0 Å². The van der Waals surface area contributed by atoms with E-state index in [4.69, 9.17) is 0 Å². The Morgan fingerprint density at radius 1 is 1.08 bits per heavy atom. The highest BCUT2D eigenvalue weighted by atomic mass is 19.4. The minimum atomic E-state index is -4.33. The molecule has 1 atom stereocenters. The smallest absolute Gasteiger partial charge is 0.357 e. The van der Waals surface area contributed by atoms with Crippen LogP contribution in [-0.4, -0.2) is 11.5 Å². The molecule has 0 saturated heterocycles. The summed E-state index contributed by atoms with van der Waals surface area (Å²) in [7, 11) is 0. The molecule has 2 aromatic carbocycles. The van der Waals surface area contributed by atoms with Crippen molar-refractivity contribution < 1.29 is 13.2 Å². The van der Waals surface area contributed by atoms with Crippen LogP contribution in [0.2, 0.25) is 0 Å². The predicted octanol–water partition coefficient (Wildman–Crippen LogP) is 4.73. The van der Waals surface area contributed by atoms with Crippen LogP contribution >= 0.6 is 0 Å². The fourth-order valence-corrected chi connectivity index (χ4v) is 3.52. The van der Waals surface area contributed by atoms with E-state index in [0.29, 0.717) is 5.56 Å². The van der Waals surface area contributed by atoms with Crippen LogP contribution in [0.3, 0.4) is 0 Å². The van der Waals surface area contributed by atoms with Gasteiger partial charge in [0, 0.05) is 23.1 Å². The molecule has 0 saturated carbocycles. The molecule has 0 fully saturated rings. The molecule has 0 spiro atoms. The van der Waals surface area contributed by atoms with Gasteiger partial charge in [0.05, 0.1) is 11.6 Å². The summed E-state index contributed by atoms with van der Waals surface area (Å²) in [6.07, 6.45) is -3.46. The van der Waals surface area contributed by atoms with Crippen molar-refractivity contribution in [1.82, 2.24) is 10.3 Å². The van der Waals surface area contributed by atoms with Crippen molar-refractivity contribution in [2.24, 2.45) is 0 Å². The zero-order valence-corrected chi connectivity index (χ0v) is 13.2. The van der Waals surface area contributed by atoms with E-state index < -0.39 is 11.7 Å². The van der Waals surface area contributed by atoms with E-state index in [1.54, 1.807) is 6.07 Å². The lowest BCUT2D eigenvalue weighted by molar-refractivity contribution is -0.137. The van der Waals surface area contributed by atoms with Crippen LogP contribution in [0.1, 0.15) is 34.0 Å². The molecule has 0 aliphatic carbocycles. The Morgan fingerprint density at radius 3 is 2.71 bits per heavy atom. The number of hydrogen-bond donors (Lipinski definition) is 2. The van der Waals surface area contributed by atoms with Crippen molar-refractivity contribution in [3.05, 3.63) is 70.4 Å². The molecule has 0 bridgehead atoms. The Balaban J connectivity index is 1.84. The quantitative estimate of drug-likeness (QED) is 0.663. The third-order valence-electron chi connectivity index (χ3n) is 4.65. The van der Waals surface area contributed by atoms with Gasteiger partial charge in [0.2, 0.25) is 0 Å². The third-order valence-corrected chi connectivity index (χ3v) is 4.65. The van der Waals surface area contributed by atoms with E-state index in [2.05, 4.69) is 16.4 Å². The predicted molar refractivity (Wildman–Crippen MR) is 88.0 cm³/mol. The summed E-state index contributed by atoms with van der Waals surface area (Å²) >= 11 is 0. The lowest BCUT2D eigenvalue weighted by atomic mass is 9.93. The minimum Gasteiger partial charge on any atom is -0.357 e. The molecule has 2 N–H and O–H groups in total. The molecule has 124 valence electrons. The molecule has 5 heteroatoms. The van der Waals surface area contributed by atoms with Gasteiger partial charge in [-0.1, -0.05) is 23.8 Å². The van der Waals surface area contributed by atoms with E-state index >= 15 is 0 Å². The topological polar surface area (TPSA) is 27.8 Å². The normalized spacial score (nSPS) is 17.9. The summed E-state index contributed by atoms with van der Waals surface area (Å²) in [4.78, 5) is 3.41. The monoisotopic (exact) mass is 330 g/mol. The van der Waals surface area contributed by atoms with Crippen molar-refractivity contribution in [2.45, 2.75) is 25.6 Å². The highest BCUT2D eigenvalue weighted by Crippen LogP contribution is 2.36. The van der Waals surface area contributed by atoms with Crippen LogP contribution in [0.5, 0.6) is 0 Å². The lowest BCUT2D eigenvalue weighted by Crippen LogP contribution is -2.30. The largest absolute Gasteiger partial charge is 0.416 e. The molecular weight excluding hydrogens is 313 g/mol. The molecule has 2 nitrogen and oxygen atoms in total. The molecule has 2 heterocycles. The second kappa shape index (κ2) is 5.38. The van der Waals surface area contributed by atoms with E-state index in [0.717, 1.165) is 30.2 Å². The molecular formula is C19H17F3N2. The van der Waals surface area contributed by atoms with Crippen LogP contribution in [0.15, 0.2) is 42.5 Å². The van der Waals surface area contributed by atoms with E-state index in [1.165, 1.54) is 28.6 Å². The second-order valence-electron chi connectivity index (χ2n) is 6.33. The maximum absolute atomic E-state index is 13.0. The van der Waals surface area contributed by atoms with Gasteiger partial charge in [-0.05, 0) is 48.7 Å². The number of aromatic nitrogens is 1. The average molecular weight is 330 g/mol. The number of H-pyrrole nitrogens is 1. The number of hydrogen-bond acceptors (Lipinski definition) is 1. The fraction of sp³-hybridized carbons (Fsp3) is 0.263. The molecule has 1 aliphatic rings. The van der Waals surface area contributed by atoms with Crippen molar-refractivity contribution >= 4 is 10.9 Å². The standard InChI is InChI=1S/C19H17F3N2/c1-11-5-6-16-15(9-11)14-7-8-23-17(18(14)24-16)12-3-2-4-13(10-12)19(20,21)22/h2-6,9-10,17,23-24H,7-8H2,1H3.